The van der Waals surface area contributed by atoms with Crippen molar-refractivity contribution in [2.45, 2.75) is 88.1 Å². The molecular formula is C20H42N8O4. The van der Waals surface area contributed by atoms with Crippen LogP contribution in [-0.2, 0) is 9.59 Å². The molecule has 0 amide bonds. The minimum absolute atomic E-state index is 0.0240. The molecule has 0 aromatic carbocycles. The lowest BCUT2D eigenvalue weighted by atomic mass is 9.87. The van der Waals surface area contributed by atoms with E-state index >= 15 is 0 Å². The third kappa shape index (κ3) is 13.0. The van der Waals surface area contributed by atoms with Gasteiger partial charge in [-0.1, -0.05) is 38.5 Å². The highest BCUT2D eigenvalue weighted by Crippen LogP contribution is 2.22. The summed E-state index contributed by atoms with van der Waals surface area (Å²) < 4.78 is 0. The third-order valence-corrected chi connectivity index (χ3v) is 5.50. The Morgan fingerprint density at radius 3 is 1.12 bits per heavy atom. The first kappa shape index (κ1) is 29.4. The van der Waals surface area contributed by atoms with Gasteiger partial charge in [-0.05, 0) is 38.5 Å². The number of carboxylic acid groups (broad SMARTS) is 2. The normalized spacial score (nSPS) is 14.7. The Kier molecular flexibility index (Phi) is 14.0. The van der Waals surface area contributed by atoms with Crippen LogP contribution >= 0.6 is 0 Å². The molecule has 186 valence electrons. The molecule has 0 aromatic heterocycles. The van der Waals surface area contributed by atoms with Gasteiger partial charge in [-0.25, -0.2) is 0 Å². The van der Waals surface area contributed by atoms with Gasteiger partial charge in [0, 0.05) is 13.1 Å². The minimum atomic E-state index is -1.28. The van der Waals surface area contributed by atoms with Crippen LogP contribution in [0.25, 0.3) is 0 Å². The van der Waals surface area contributed by atoms with Crippen LogP contribution in [0.1, 0.15) is 77.0 Å². The van der Waals surface area contributed by atoms with Crippen molar-refractivity contribution in [1.29, 1.82) is 0 Å². The van der Waals surface area contributed by atoms with E-state index in [-0.39, 0.29) is 11.9 Å². The predicted molar refractivity (Wildman–Crippen MR) is 126 cm³/mol. The van der Waals surface area contributed by atoms with Crippen LogP contribution < -0.4 is 34.4 Å². The van der Waals surface area contributed by atoms with Crippen molar-refractivity contribution in [2.24, 2.45) is 44.4 Å². The SMILES string of the molecule is NC(N)=NCCCC(N)(CCCCCCCCC(N)(CCCN=C(N)N)C(=O)O)C(=O)O. The zero-order valence-corrected chi connectivity index (χ0v) is 19.0. The third-order valence-electron chi connectivity index (χ3n) is 5.50. The maximum atomic E-state index is 11.5. The molecule has 2 unspecified atom stereocenters. The molecule has 0 bridgehead atoms. The first-order valence-corrected chi connectivity index (χ1v) is 11.1. The largest absolute Gasteiger partial charge is 0.480 e. The summed E-state index contributed by atoms with van der Waals surface area (Å²) in [4.78, 5) is 30.8. The number of nitrogens with two attached hydrogens (primary N) is 6. The van der Waals surface area contributed by atoms with Gasteiger partial charge in [0.1, 0.15) is 11.1 Å². The molecule has 0 saturated carbocycles. The number of unbranched alkanes of at least 4 members (excludes halogenated alkanes) is 5. The molecule has 0 fully saturated rings. The van der Waals surface area contributed by atoms with Gasteiger partial charge in [-0.15, -0.1) is 0 Å². The lowest BCUT2D eigenvalue weighted by Crippen LogP contribution is -2.48. The number of nitrogens with zero attached hydrogens (tertiary/aromatic N) is 2. The highest BCUT2D eigenvalue weighted by Gasteiger charge is 2.33. The van der Waals surface area contributed by atoms with Gasteiger partial charge in [-0.3, -0.25) is 19.6 Å². The second-order valence-electron chi connectivity index (χ2n) is 8.36. The molecule has 0 radical (unpaired) electrons. The number of carboxylic acids is 2. The molecule has 0 spiro atoms. The molecule has 0 heterocycles. The maximum absolute atomic E-state index is 11.5. The number of carbonyl (C=O) groups is 2. The predicted octanol–water partition coefficient (Wildman–Crippen LogP) is -0.221. The van der Waals surface area contributed by atoms with Gasteiger partial charge in [0.2, 0.25) is 0 Å². The first-order chi connectivity index (χ1) is 14.9. The zero-order valence-electron chi connectivity index (χ0n) is 19.0. The van der Waals surface area contributed by atoms with Crippen LogP contribution in [0.5, 0.6) is 0 Å². The van der Waals surface area contributed by atoms with E-state index in [2.05, 4.69) is 9.98 Å². The van der Waals surface area contributed by atoms with Crippen LogP contribution in [-0.4, -0.2) is 58.2 Å². The Morgan fingerprint density at radius 2 is 0.844 bits per heavy atom. The van der Waals surface area contributed by atoms with Crippen molar-refractivity contribution in [1.82, 2.24) is 0 Å². The fraction of sp³-hybridized carbons (Fsp3) is 0.800. The zero-order chi connectivity index (χ0) is 24.6. The van der Waals surface area contributed by atoms with E-state index in [1.165, 1.54) is 0 Å². The molecule has 0 aliphatic rings. The Labute approximate surface area is 189 Å². The van der Waals surface area contributed by atoms with Gasteiger partial charge < -0.3 is 44.6 Å². The first-order valence-electron chi connectivity index (χ1n) is 11.1. The van der Waals surface area contributed by atoms with Crippen LogP contribution in [0.4, 0.5) is 0 Å². The lowest BCUT2D eigenvalue weighted by molar-refractivity contribution is -0.144. The van der Waals surface area contributed by atoms with Crippen LogP contribution in [0, 0.1) is 0 Å². The summed E-state index contributed by atoms with van der Waals surface area (Å²) >= 11 is 0. The fourth-order valence-corrected chi connectivity index (χ4v) is 3.47. The molecule has 32 heavy (non-hydrogen) atoms. The Hall–Kier alpha value is -2.60. The second-order valence-corrected chi connectivity index (χ2v) is 8.36. The average Bonchev–Trinajstić information content (AvgIpc) is 2.70. The summed E-state index contributed by atoms with van der Waals surface area (Å²) in [6.07, 6.45) is 7.29. The quantitative estimate of drug-likeness (QED) is 0.0716. The molecule has 0 aliphatic heterocycles. The van der Waals surface area contributed by atoms with Gasteiger partial charge in [0.15, 0.2) is 11.9 Å². The lowest BCUT2D eigenvalue weighted by Gasteiger charge is -2.25. The van der Waals surface area contributed by atoms with Crippen molar-refractivity contribution in [3.63, 3.8) is 0 Å². The van der Waals surface area contributed by atoms with Crippen LogP contribution in [0.2, 0.25) is 0 Å². The summed E-state index contributed by atoms with van der Waals surface area (Å²) in [5.74, 6) is -2.08. The molecule has 0 aromatic rings. The van der Waals surface area contributed by atoms with Crippen molar-refractivity contribution in [2.75, 3.05) is 13.1 Å². The molecule has 12 heteroatoms. The van der Waals surface area contributed by atoms with Crippen LogP contribution in [0.15, 0.2) is 9.98 Å². The van der Waals surface area contributed by atoms with Gasteiger partial charge in [0.25, 0.3) is 0 Å². The number of rotatable bonds is 19. The number of aliphatic imine (C=N–C) groups is 2. The number of hydrogen-bond acceptors (Lipinski definition) is 6. The van der Waals surface area contributed by atoms with Gasteiger partial charge >= 0.3 is 11.9 Å². The molecule has 2 atom stereocenters. The summed E-state index contributed by atoms with van der Waals surface area (Å²) in [5, 5.41) is 18.9. The Balaban J connectivity index is 4.14. The van der Waals surface area contributed by atoms with E-state index < -0.39 is 23.0 Å². The van der Waals surface area contributed by atoms with E-state index in [4.69, 9.17) is 34.4 Å². The van der Waals surface area contributed by atoms with Gasteiger partial charge in [0.05, 0.1) is 0 Å². The molecule has 0 aliphatic carbocycles. The smallest absolute Gasteiger partial charge is 0.323 e. The molecule has 14 N–H and O–H groups in total. The summed E-state index contributed by atoms with van der Waals surface area (Å²) in [7, 11) is 0. The monoisotopic (exact) mass is 458 g/mol. The Bertz CT molecular complexity index is 581. The maximum Gasteiger partial charge on any atom is 0.323 e. The Morgan fingerprint density at radius 1 is 0.562 bits per heavy atom. The molecule has 12 nitrogen and oxygen atoms in total. The summed E-state index contributed by atoms with van der Waals surface area (Å²) in [6.45, 7) is 0.698. The van der Waals surface area contributed by atoms with Crippen molar-refractivity contribution in [3.8, 4) is 0 Å². The van der Waals surface area contributed by atoms with Crippen molar-refractivity contribution >= 4 is 23.9 Å². The summed E-state index contributed by atoms with van der Waals surface area (Å²) in [5.41, 5.74) is 30.6. The molecular weight excluding hydrogens is 416 g/mol. The van der Waals surface area contributed by atoms with Crippen molar-refractivity contribution < 1.29 is 19.8 Å². The average molecular weight is 459 g/mol. The standard InChI is InChI=1S/C20H42N8O4/c21-17(22)27-13-7-11-19(25,15(29)30)9-5-3-1-2-4-6-10-20(26,16(31)32)12-8-14-28-18(23)24/h1-14,25-26H2,(H,29,30)(H,31,32)(H4,21,22,27)(H4,23,24,28). The van der Waals surface area contributed by atoms with Gasteiger partial charge in [-0.2, -0.15) is 0 Å². The van der Waals surface area contributed by atoms with E-state index in [1.54, 1.807) is 0 Å². The van der Waals surface area contributed by atoms with E-state index in [0.717, 1.165) is 25.7 Å². The summed E-state index contributed by atoms with van der Waals surface area (Å²) in [6, 6.07) is 0. The minimum Gasteiger partial charge on any atom is -0.480 e. The number of hydrogen-bond donors (Lipinski definition) is 8. The highest BCUT2D eigenvalue weighted by molar-refractivity contribution is 5.79. The van der Waals surface area contributed by atoms with Crippen LogP contribution in [0.3, 0.4) is 0 Å². The fourth-order valence-electron chi connectivity index (χ4n) is 3.47. The second kappa shape index (κ2) is 15.2. The molecule has 0 rings (SSSR count). The highest BCUT2D eigenvalue weighted by atomic mass is 16.4. The molecule has 0 saturated heterocycles. The topological polar surface area (TPSA) is 255 Å². The van der Waals surface area contributed by atoms with E-state index in [0.29, 0.717) is 64.5 Å². The van der Waals surface area contributed by atoms with Crippen molar-refractivity contribution in [3.05, 3.63) is 0 Å². The number of aliphatic carboxylic acids is 2. The van der Waals surface area contributed by atoms with E-state index in [1.807, 2.05) is 0 Å². The van der Waals surface area contributed by atoms with E-state index in [9.17, 15) is 19.8 Å². The number of guanidine groups is 2.